The standard InChI is InChI=1S/C25H35F2N5OS2.C3H6O2/c1-4-34-30-20-5-6-21(22(17-20)31-13-15-35(2,3)16-14-31)24(33)29-19-7-10-28-23(18-19)32-11-8-25(26,27)9-12-32;1-2-5-3-4/h5-7,10,17-18,30H,4,8-9,11-16H2,1-3H3,(H,28,29,33);3H,2H2,1H3. The molecule has 40 heavy (non-hydrogen) atoms. The van der Waals surface area contributed by atoms with Crippen LogP contribution in [0.2, 0.25) is 0 Å². The number of halogens is 2. The number of amides is 1. The van der Waals surface area contributed by atoms with Gasteiger partial charge < -0.3 is 24.6 Å². The molecular formula is C28H41F2N5O3S2. The molecule has 4 rings (SSSR count). The lowest BCUT2D eigenvalue weighted by Crippen LogP contribution is -2.39. The van der Waals surface area contributed by atoms with Gasteiger partial charge >= 0.3 is 0 Å². The lowest BCUT2D eigenvalue weighted by molar-refractivity contribution is -0.128. The van der Waals surface area contributed by atoms with E-state index in [2.05, 4.69) is 50.2 Å². The van der Waals surface area contributed by atoms with Gasteiger partial charge in [0.15, 0.2) is 0 Å². The second-order valence-corrected chi connectivity index (χ2v) is 15.6. The SMILES string of the molecule is CCOC=O.CCSNc1ccc(C(=O)Nc2ccnc(N3CCC(F)(F)CC3)c2)c(N2CCS(C)(C)CC2)c1. The van der Waals surface area contributed by atoms with Gasteiger partial charge in [0.25, 0.3) is 18.3 Å². The van der Waals surface area contributed by atoms with Crippen molar-refractivity contribution in [1.29, 1.82) is 0 Å². The zero-order valence-corrected chi connectivity index (χ0v) is 25.4. The highest BCUT2D eigenvalue weighted by molar-refractivity contribution is 8.32. The van der Waals surface area contributed by atoms with Crippen molar-refractivity contribution in [2.75, 3.05) is 82.4 Å². The molecule has 0 spiro atoms. The van der Waals surface area contributed by atoms with E-state index in [4.69, 9.17) is 0 Å². The fraction of sp³-hybridized carbons (Fsp3) is 0.536. The number of carbonyl (C=O) groups is 2. The van der Waals surface area contributed by atoms with Crippen LogP contribution in [0.15, 0.2) is 36.5 Å². The minimum Gasteiger partial charge on any atom is -0.468 e. The molecule has 2 fully saturated rings. The van der Waals surface area contributed by atoms with Crippen molar-refractivity contribution < 1.29 is 23.1 Å². The van der Waals surface area contributed by atoms with Gasteiger partial charge in [-0.1, -0.05) is 18.9 Å². The van der Waals surface area contributed by atoms with E-state index >= 15 is 0 Å². The number of benzene rings is 1. The van der Waals surface area contributed by atoms with Crippen molar-refractivity contribution in [1.82, 2.24) is 4.98 Å². The molecule has 1 aromatic heterocycles. The van der Waals surface area contributed by atoms with E-state index in [1.807, 2.05) is 17.0 Å². The van der Waals surface area contributed by atoms with E-state index in [1.54, 1.807) is 37.2 Å². The van der Waals surface area contributed by atoms with Crippen molar-refractivity contribution in [3.63, 3.8) is 0 Å². The number of piperidine rings is 1. The Bertz CT molecular complexity index is 1120. The van der Waals surface area contributed by atoms with E-state index in [0.29, 0.717) is 30.1 Å². The Morgan fingerprint density at radius 1 is 1.07 bits per heavy atom. The lowest BCUT2D eigenvalue weighted by Gasteiger charge is -2.42. The summed E-state index contributed by atoms with van der Waals surface area (Å²) in [6, 6.07) is 9.38. The number of anilines is 4. The van der Waals surface area contributed by atoms with Gasteiger partial charge in [-0.3, -0.25) is 9.59 Å². The summed E-state index contributed by atoms with van der Waals surface area (Å²) in [6.07, 6.45) is 6.00. The summed E-state index contributed by atoms with van der Waals surface area (Å²) in [5, 5.41) is 3.01. The molecule has 2 aliphatic rings. The quantitative estimate of drug-likeness (QED) is 0.281. The van der Waals surface area contributed by atoms with Crippen LogP contribution < -0.4 is 19.8 Å². The predicted octanol–water partition coefficient (Wildman–Crippen LogP) is 5.71. The summed E-state index contributed by atoms with van der Waals surface area (Å²) < 4.78 is 34.6. The number of nitrogens with one attached hydrogen (secondary N) is 2. The molecule has 0 atom stereocenters. The maximum absolute atomic E-state index is 13.6. The van der Waals surface area contributed by atoms with Gasteiger partial charge in [0.1, 0.15) is 5.82 Å². The number of hydrogen-bond donors (Lipinski definition) is 2. The Labute approximate surface area is 242 Å². The van der Waals surface area contributed by atoms with Crippen LogP contribution in [0.1, 0.15) is 37.0 Å². The molecule has 0 bridgehead atoms. The molecule has 2 N–H and O–H groups in total. The molecule has 0 unspecified atom stereocenters. The molecule has 0 saturated carbocycles. The highest BCUT2D eigenvalue weighted by Gasteiger charge is 2.34. The molecule has 0 aliphatic carbocycles. The number of hydrogen-bond acceptors (Lipinski definition) is 8. The van der Waals surface area contributed by atoms with Crippen molar-refractivity contribution in [2.24, 2.45) is 0 Å². The Hall–Kier alpha value is -2.73. The first-order valence-electron chi connectivity index (χ1n) is 13.5. The number of rotatable bonds is 9. The van der Waals surface area contributed by atoms with Crippen LogP contribution in [0.5, 0.6) is 0 Å². The molecule has 0 radical (unpaired) electrons. The number of pyridine rings is 1. The molecule has 2 aliphatic heterocycles. The van der Waals surface area contributed by atoms with Gasteiger partial charge in [0, 0.05) is 68.4 Å². The summed E-state index contributed by atoms with van der Waals surface area (Å²) in [6.45, 7) is 7.13. The normalized spacial score (nSPS) is 18.6. The first kappa shape index (κ1) is 31.8. The van der Waals surface area contributed by atoms with Crippen LogP contribution in [0.4, 0.5) is 31.7 Å². The second-order valence-electron chi connectivity index (χ2n) is 10.2. The van der Waals surface area contributed by atoms with Crippen LogP contribution >= 0.6 is 22.0 Å². The topological polar surface area (TPSA) is 86.8 Å². The number of carbonyl (C=O) groups excluding carboxylic acids is 2. The van der Waals surface area contributed by atoms with Gasteiger partial charge in [0.05, 0.1) is 17.9 Å². The third-order valence-electron chi connectivity index (χ3n) is 6.80. The largest absolute Gasteiger partial charge is 0.468 e. The Morgan fingerprint density at radius 2 is 1.77 bits per heavy atom. The van der Waals surface area contributed by atoms with Crippen molar-refractivity contribution in [2.45, 2.75) is 32.6 Å². The molecular weight excluding hydrogens is 556 g/mol. The Kier molecular flexibility index (Phi) is 11.7. The van der Waals surface area contributed by atoms with Crippen LogP contribution in [-0.2, 0) is 9.53 Å². The summed E-state index contributed by atoms with van der Waals surface area (Å²) in [5.41, 5.74) is 3.15. The number of alkyl halides is 2. The van der Waals surface area contributed by atoms with Crippen molar-refractivity contribution in [3.05, 3.63) is 42.1 Å². The van der Waals surface area contributed by atoms with Crippen LogP contribution in [0.3, 0.4) is 0 Å². The van der Waals surface area contributed by atoms with Crippen molar-refractivity contribution in [3.8, 4) is 0 Å². The summed E-state index contributed by atoms with van der Waals surface area (Å²) >= 11 is 1.62. The van der Waals surface area contributed by atoms with E-state index in [9.17, 15) is 18.4 Å². The van der Waals surface area contributed by atoms with Gasteiger partial charge in [-0.05, 0) is 55.2 Å². The number of aromatic nitrogens is 1. The third-order valence-corrected chi connectivity index (χ3v) is 10.0. The van der Waals surface area contributed by atoms with E-state index < -0.39 is 16.0 Å². The maximum Gasteiger partial charge on any atom is 0.293 e. The highest BCUT2D eigenvalue weighted by Crippen LogP contribution is 2.43. The minimum atomic E-state index is -2.61. The zero-order chi connectivity index (χ0) is 29.2. The smallest absolute Gasteiger partial charge is 0.293 e. The highest BCUT2D eigenvalue weighted by atomic mass is 32.3. The summed E-state index contributed by atoms with van der Waals surface area (Å²) in [4.78, 5) is 31.1. The molecule has 1 aromatic carbocycles. The molecule has 3 heterocycles. The third kappa shape index (κ3) is 9.43. The number of ether oxygens (including phenoxy) is 1. The van der Waals surface area contributed by atoms with Crippen LogP contribution in [0, 0.1) is 0 Å². The van der Waals surface area contributed by atoms with Gasteiger partial charge in [-0.2, -0.15) is 0 Å². The first-order chi connectivity index (χ1) is 19.1. The molecule has 2 saturated heterocycles. The average molecular weight is 598 g/mol. The monoisotopic (exact) mass is 597 g/mol. The Morgan fingerprint density at radius 3 is 2.38 bits per heavy atom. The molecule has 12 heteroatoms. The second kappa shape index (κ2) is 14.8. The number of nitrogens with zero attached hydrogens (tertiary/aromatic N) is 3. The maximum atomic E-state index is 13.6. The van der Waals surface area contributed by atoms with Gasteiger partial charge in [0.2, 0.25) is 0 Å². The molecule has 2 aromatic rings. The molecule has 1 amide bonds. The predicted molar refractivity (Wildman–Crippen MR) is 166 cm³/mol. The van der Waals surface area contributed by atoms with Crippen LogP contribution in [-0.4, -0.2) is 85.8 Å². The average Bonchev–Trinajstić information content (AvgIpc) is 2.93. The summed E-state index contributed by atoms with van der Waals surface area (Å²) in [5.74, 6) is 1.05. The van der Waals surface area contributed by atoms with E-state index in [0.717, 1.165) is 41.7 Å². The van der Waals surface area contributed by atoms with Gasteiger partial charge in [-0.25, -0.2) is 23.8 Å². The Balaban J connectivity index is 0.000000810. The lowest BCUT2D eigenvalue weighted by atomic mass is 10.1. The zero-order valence-electron chi connectivity index (χ0n) is 23.8. The minimum absolute atomic E-state index is 0.181. The fourth-order valence-corrected chi connectivity index (χ4v) is 6.44. The fourth-order valence-electron chi connectivity index (χ4n) is 4.37. The van der Waals surface area contributed by atoms with Gasteiger partial charge in [-0.15, -0.1) is 0 Å². The molecule has 8 nitrogen and oxygen atoms in total. The van der Waals surface area contributed by atoms with Crippen molar-refractivity contribution >= 4 is 57.2 Å². The van der Waals surface area contributed by atoms with E-state index in [-0.39, 0.29) is 31.8 Å². The molecule has 222 valence electrons. The summed E-state index contributed by atoms with van der Waals surface area (Å²) in [7, 11) is -0.573. The first-order valence-corrected chi connectivity index (χ1v) is 17.3. The van der Waals surface area contributed by atoms with Crippen LogP contribution in [0.25, 0.3) is 0 Å². The van der Waals surface area contributed by atoms with E-state index in [1.165, 1.54) is 0 Å².